The van der Waals surface area contributed by atoms with Gasteiger partial charge < -0.3 is 0 Å². The minimum atomic E-state index is -0.268. The summed E-state index contributed by atoms with van der Waals surface area (Å²) in [5, 5.41) is 2.70. The van der Waals surface area contributed by atoms with Crippen molar-refractivity contribution in [3.63, 3.8) is 0 Å². The molecule has 0 N–H and O–H groups in total. The van der Waals surface area contributed by atoms with Crippen molar-refractivity contribution in [3.05, 3.63) is 174 Å². The second-order valence-corrected chi connectivity index (χ2v) is 11.1. The molecule has 6 aromatic carbocycles. The van der Waals surface area contributed by atoms with Crippen LogP contribution >= 0.6 is 0 Å². The molecule has 0 bridgehead atoms. The lowest BCUT2D eigenvalue weighted by molar-refractivity contribution is 0.745. The lowest BCUT2D eigenvalue weighted by atomic mass is 9.57. The number of fused-ring (bicyclic) bond motifs is 7. The molecule has 1 nitrogen and oxygen atoms in total. The van der Waals surface area contributed by atoms with Crippen LogP contribution in [-0.4, -0.2) is 4.98 Å². The van der Waals surface area contributed by atoms with Crippen molar-refractivity contribution in [2.24, 2.45) is 0 Å². The quantitative estimate of drug-likeness (QED) is 0.226. The summed E-state index contributed by atoms with van der Waals surface area (Å²) in [6.07, 6.45) is 1.85. The van der Waals surface area contributed by atoms with E-state index in [2.05, 4.69) is 138 Å². The van der Waals surface area contributed by atoms with Crippen LogP contribution in [0.15, 0.2) is 152 Å². The maximum atomic E-state index is 4.53. The van der Waals surface area contributed by atoms with Gasteiger partial charge in [0.05, 0.1) is 11.1 Å². The first-order valence-electron chi connectivity index (χ1n) is 14.2. The average molecular weight is 520 g/mol. The Bertz CT molecular complexity index is 2130. The Morgan fingerprint density at radius 3 is 1.93 bits per heavy atom. The lowest BCUT2D eigenvalue weighted by Gasteiger charge is -2.44. The third-order valence-corrected chi connectivity index (χ3v) is 9.12. The maximum Gasteiger partial charge on any atom is 0.0726 e. The van der Waals surface area contributed by atoms with Gasteiger partial charge in [0.25, 0.3) is 0 Å². The molecule has 0 saturated heterocycles. The minimum absolute atomic E-state index is 0.268. The van der Waals surface area contributed by atoms with Crippen molar-refractivity contribution >= 4 is 10.8 Å². The molecule has 0 fully saturated rings. The largest absolute Gasteiger partial charge is 0.256 e. The maximum absolute atomic E-state index is 4.53. The van der Waals surface area contributed by atoms with E-state index < -0.39 is 0 Å². The van der Waals surface area contributed by atoms with Gasteiger partial charge in [-0.25, -0.2) is 0 Å². The first kappa shape index (κ1) is 22.5. The summed E-state index contributed by atoms with van der Waals surface area (Å²) in [6.45, 7) is 0. The van der Waals surface area contributed by atoms with E-state index in [9.17, 15) is 0 Å². The number of benzene rings is 6. The molecule has 0 aliphatic heterocycles. The summed E-state index contributed by atoms with van der Waals surface area (Å²) in [7, 11) is 0. The highest BCUT2D eigenvalue weighted by molar-refractivity contribution is 6.07. The predicted octanol–water partition coefficient (Wildman–Crippen LogP) is 9.91. The minimum Gasteiger partial charge on any atom is -0.256 e. The summed E-state index contributed by atoms with van der Waals surface area (Å²) in [5.74, 6) is 0. The van der Waals surface area contributed by atoms with Crippen molar-refractivity contribution < 1.29 is 0 Å². The molecule has 1 spiro atoms. The van der Waals surface area contributed by atoms with Crippen LogP contribution in [0.4, 0.5) is 0 Å². The molecule has 0 saturated carbocycles. The van der Waals surface area contributed by atoms with Crippen LogP contribution in [0.2, 0.25) is 0 Å². The molecule has 41 heavy (non-hydrogen) atoms. The third kappa shape index (κ3) is 3.03. The molecule has 2 aliphatic carbocycles. The van der Waals surface area contributed by atoms with Gasteiger partial charge >= 0.3 is 0 Å². The first-order chi connectivity index (χ1) is 20.3. The van der Waals surface area contributed by atoms with Gasteiger partial charge in [-0.3, -0.25) is 4.98 Å². The molecule has 1 aromatic heterocycles. The highest BCUT2D eigenvalue weighted by Crippen LogP contribution is 2.64. The van der Waals surface area contributed by atoms with Crippen molar-refractivity contribution in [2.75, 3.05) is 0 Å². The molecule has 190 valence electrons. The van der Waals surface area contributed by atoms with Crippen LogP contribution in [-0.2, 0) is 5.41 Å². The van der Waals surface area contributed by atoms with E-state index in [-0.39, 0.29) is 5.41 Å². The number of hydrogen-bond acceptors (Lipinski definition) is 1. The van der Waals surface area contributed by atoms with Gasteiger partial charge in [-0.15, -0.1) is 0 Å². The second kappa shape index (κ2) is 8.36. The van der Waals surface area contributed by atoms with Gasteiger partial charge in [-0.1, -0.05) is 115 Å². The molecule has 1 heteroatoms. The lowest BCUT2D eigenvalue weighted by Crippen LogP contribution is -2.36. The molecule has 1 atom stereocenters. The van der Waals surface area contributed by atoms with Crippen molar-refractivity contribution in [2.45, 2.75) is 5.41 Å². The van der Waals surface area contributed by atoms with Crippen molar-refractivity contribution in [1.82, 2.24) is 4.98 Å². The van der Waals surface area contributed by atoms with Gasteiger partial charge in [0.1, 0.15) is 0 Å². The van der Waals surface area contributed by atoms with Crippen LogP contribution in [0.3, 0.4) is 0 Å². The highest BCUT2D eigenvalue weighted by Gasteiger charge is 2.53. The molecule has 2 aliphatic rings. The van der Waals surface area contributed by atoms with Crippen LogP contribution < -0.4 is 0 Å². The second-order valence-electron chi connectivity index (χ2n) is 11.1. The van der Waals surface area contributed by atoms with E-state index in [0.717, 1.165) is 11.3 Å². The highest BCUT2D eigenvalue weighted by atomic mass is 14.7. The Kier molecular flexibility index (Phi) is 4.60. The predicted molar refractivity (Wildman–Crippen MR) is 169 cm³/mol. The van der Waals surface area contributed by atoms with Gasteiger partial charge in [0.2, 0.25) is 0 Å². The van der Waals surface area contributed by atoms with E-state index >= 15 is 0 Å². The van der Waals surface area contributed by atoms with Crippen LogP contribution in [0, 0.1) is 0 Å². The van der Waals surface area contributed by atoms with E-state index in [0.29, 0.717) is 0 Å². The van der Waals surface area contributed by atoms with Crippen LogP contribution in [0.5, 0.6) is 0 Å². The molecular formula is C40H25N. The van der Waals surface area contributed by atoms with Crippen molar-refractivity contribution in [3.8, 4) is 44.6 Å². The van der Waals surface area contributed by atoms with E-state index in [4.69, 9.17) is 0 Å². The Balaban J connectivity index is 1.27. The average Bonchev–Trinajstić information content (AvgIpc) is 3.37. The molecular weight excluding hydrogens is 494 g/mol. The summed E-state index contributed by atoms with van der Waals surface area (Å²) in [6, 6.07) is 53.4. The zero-order valence-electron chi connectivity index (χ0n) is 22.4. The molecule has 0 radical (unpaired) electrons. The van der Waals surface area contributed by atoms with Gasteiger partial charge in [0, 0.05) is 11.8 Å². The zero-order valence-corrected chi connectivity index (χ0v) is 22.4. The molecule has 0 amide bonds. The summed E-state index contributed by atoms with van der Waals surface area (Å²) < 4.78 is 0. The van der Waals surface area contributed by atoms with E-state index in [1.165, 1.54) is 66.4 Å². The number of rotatable bonds is 3. The zero-order chi connectivity index (χ0) is 27.0. The Labute approximate surface area is 239 Å². The smallest absolute Gasteiger partial charge is 0.0726 e. The van der Waals surface area contributed by atoms with Crippen molar-refractivity contribution in [1.29, 1.82) is 0 Å². The molecule has 7 aromatic rings. The topological polar surface area (TPSA) is 12.9 Å². The van der Waals surface area contributed by atoms with Gasteiger partial charge in [0.15, 0.2) is 0 Å². The monoisotopic (exact) mass is 519 g/mol. The molecule has 1 heterocycles. The van der Waals surface area contributed by atoms with Crippen LogP contribution in [0.25, 0.3) is 55.4 Å². The first-order valence-corrected chi connectivity index (χ1v) is 14.2. The number of pyridine rings is 1. The normalized spacial score (nSPS) is 15.9. The van der Waals surface area contributed by atoms with Gasteiger partial charge in [-0.2, -0.15) is 0 Å². The third-order valence-electron chi connectivity index (χ3n) is 9.12. The molecule has 1 unspecified atom stereocenters. The number of hydrogen-bond donors (Lipinski definition) is 0. The Morgan fingerprint density at radius 1 is 0.390 bits per heavy atom. The fourth-order valence-corrected chi connectivity index (χ4v) is 7.32. The standard InChI is InChI=1S/C40H25N/c1-2-9-26(10-3-1)29-20-21-33-32-12-4-5-13-34(32)40(36(33)24-29)35-14-8-11-30-23-31(25-37(40)39(30)35)27-16-18-28(19-17-27)38-15-6-7-22-41-38/h1-25H. The van der Waals surface area contributed by atoms with E-state index in [1.807, 2.05) is 18.3 Å². The fourth-order valence-electron chi connectivity index (χ4n) is 7.32. The number of aromatic nitrogens is 1. The SMILES string of the molecule is c1ccc(-c2ccc3c(c2)C2(c4ccccc4-3)c3cccc4cc(-c5ccc(-c6ccccn6)cc5)cc2c34)cc1. The summed E-state index contributed by atoms with van der Waals surface area (Å²) in [5.41, 5.74) is 15.1. The van der Waals surface area contributed by atoms with Crippen LogP contribution in [0.1, 0.15) is 22.3 Å². The van der Waals surface area contributed by atoms with E-state index in [1.54, 1.807) is 0 Å². The fraction of sp³-hybridized carbons (Fsp3) is 0.0250. The molecule has 9 rings (SSSR count). The van der Waals surface area contributed by atoms with Gasteiger partial charge in [-0.05, 0) is 96.7 Å². The summed E-state index contributed by atoms with van der Waals surface area (Å²) in [4.78, 5) is 4.53. The summed E-state index contributed by atoms with van der Waals surface area (Å²) >= 11 is 0. The Hall–Kier alpha value is -5.27. The number of nitrogens with zero attached hydrogens (tertiary/aromatic N) is 1. The Morgan fingerprint density at radius 2 is 1.07 bits per heavy atom.